The molecule has 0 aromatic heterocycles. The summed E-state index contributed by atoms with van der Waals surface area (Å²) in [7, 11) is 0. The highest BCUT2D eigenvalue weighted by atomic mass is 19.1. The first-order valence-electron chi connectivity index (χ1n) is 10.2. The summed E-state index contributed by atoms with van der Waals surface area (Å²) in [5, 5.41) is 0. The lowest BCUT2D eigenvalue weighted by Gasteiger charge is -2.38. The molecule has 2 nitrogen and oxygen atoms in total. The number of benzene rings is 3. The maximum absolute atomic E-state index is 13.6. The number of carbonyl (C=O) groups is 1. The molecule has 3 heteroatoms. The molecule has 148 valence electrons. The topological polar surface area (TPSA) is 20.3 Å². The lowest BCUT2D eigenvalue weighted by Crippen LogP contribution is -2.36. The minimum Gasteiger partial charge on any atom is -0.294 e. The van der Waals surface area contributed by atoms with Gasteiger partial charge in [0.1, 0.15) is 5.82 Å². The van der Waals surface area contributed by atoms with E-state index in [0.717, 1.165) is 29.7 Å². The number of hydrogen-bond acceptors (Lipinski definition) is 2. The Hall–Kier alpha value is -2.78. The molecule has 1 aliphatic heterocycles. The second-order valence-corrected chi connectivity index (χ2v) is 8.05. The van der Waals surface area contributed by atoms with Crippen molar-refractivity contribution in [3.05, 3.63) is 106 Å². The Morgan fingerprint density at radius 3 is 2.45 bits per heavy atom. The van der Waals surface area contributed by atoms with Gasteiger partial charge in [0, 0.05) is 24.6 Å². The molecule has 3 aromatic carbocycles. The zero-order chi connectivity index (χ0) is 20.4. The smallest absolute Gasteiger partial charge is 0.165 e. The molecule has 0 radical (unpaired) electrons. The molecule has 0 bridgehead atoms. The first kappa shape index (κ1) is 19.5. The molecule has 0 aliphatic carbocycles. The quantitative estimate of drug-likeness (QED) is 0.515. The van der Waals surface area contributed by atoms with Gasteiger partial charge in [-0.15, -0.1) is 0 Å². The average molecular weight is 387 g/mol. The summed E-state index contributed by atoms with van der Waals surface area (Å²) in [5.74, 6) is -0.0836. The van der Waals surface area contributed by atoms with E-state index in [-0.39, 0.29) is 23.6 Å². The van der Waals surface area contributed by atoms with Crippen molar-refractivity contribution in [2.24, 2.45) is 5.92 Å². The number of nitrogens with zero attached hydrogens (tertiary/aromatic N) is 1. The number of carbonyl (C=O) groups excluding carboxylic acids is 1. The highest BCUT2D eigenvalue weighted by Crippen LogP contribution is 2.36. The summed E-state index contributed by atoms with van der Waals surface area (Å²) in [6, 6.07) is 23.3. The number of hydrogen-bond donors (Lipinski definition) is 0. The summed E-state index contributed by atoms with van der Waals surface area (Å²) < 4.78 is 13.6. The van der Waals surface area contributed by atoms with E-state index in [9.17, 15) is 9.18 Å². The molecule has 1 aliphatic rings. The van der Waals surface area contributed by atoms with Crippen LogP contribution in [0.2, 0.25) is 0 Å². The fourth-order valence-electron chi connectivity index (χ4n) is 4.25. The maximum Gasteiger partial charge on any atom is 0.165 e. The largest absolute Gasteiger partial charge is 0.294 e. The van der Waals surface area contributed by atoms with Gasteiger partial charge < -0.3 is 0 Å². The van der Waals surface area contributed by atoms with Crippen molar-refractivity contribution >= 4 is 5.78 Å². The van der Waals surface area contributed by atoms with Gasteiger partial charge in [-0.1, -0.05) is 74.5 Å². The third-order valence-corrected chi connectivity index (χ3v) is 5.75. The summed E-state index contributed by atoms with van der Waals surface area (Å²) >= 11 is 0. The van der Waals surface area contributed by atoms with E-state index in [2.05, 4.69) is 35.2 Å². The van der Waals surface area contributed by atoms with Crippen LogP contribution in [0.3, 0.4) is 0 Å². The number of Topliss-reactive ketones (excluding diaryl/α,β-unsaturated/α-hetero) is 1. The Morgan fingerprint density at radius 1 is 1.00 bits per heavy atom. The summed E-state index contributed by atoms with van der Waals surface area (Å²) in [4.78, 5) is 15.1. The Morgan fingerprint density at radius 2 is 1.69 bits per heavy atom. The molecule has 0 fully saturated rings. The Balaban J connectivity index is 1.74. The third kappa shape index (κ3) is 4.01. The van der Waals surface area contributed by atoms with E-state index in [1.807, 2.05) is 44.2 Å². The highest BCUT2D eigenvalue weighted by molar-refractivity contribution is 5.98. The second kappa shape index (κ2) is 8.30. The van der Waals surface area contributed by atoms with Gasteiger partial charge in [0.05, 0.1) is 6.04 Å². The SMILES string of the molecule is CC(C)C(=O)c1ccccc1CN1CCc2ccccc2C1c1ccc(F)cc1. The third-order valence-electron chi connectivity index (χ3n) is 5.75. The molecule has 3 aromatic rings. The fourth-order valence-corrected chi connectivity index (χ4v) is 4.25. The van der Waals surface area contributed by atoms with Crippen LogP contribution in [0.25, 0.3) is 0 Å². The minimum atomic E-state index is -0.225. The molecule has 29 heavy (non-hydrogen) atoms. The first-order chi connectivity index (χ1) is 14.0. The van der Waals surface area contributed by atoms with E-state index in [1.165, 1.54) is 23.3 Å². The van der Waals surface area contributed by atoms with Gasteiger partial charge in [-0.3, -0.25) is 9.69 Å². The molecule has 0 spiro atoms. The van der Waals surface area contributed by atoms with Crippen LogP contribution < -0.4 is 0 Å². The standard InChI is InChI=1S/C26H26FNO/c1-18(2)26(29)24-10-6-4-8-21(24)17-28-16-15-19-7-3-5-9-23(19)25(28)20-11-13-22(27)14-12-20/h3-14,18,25H,15-17H2,1-2H3. The number of halogens is 1. The van der Waals surface area contributed by atoms with Gasteiger partial charge in [0.2, 0.25) is 0 Å². The first-order valence-corrected chi connectivity index (χ1v) is 10.2. The average Bonchev–Trinajstić information content (AvgIpc) is 2.74. The van der Waals surface area contributed by atoms with Crippen molar-refractivity contribution in [2.75, 3.05) is 6.54 Å². The van der Waals surface area contributed by atoms with Crippen molar-refractivity contribution < 1.29 is 9.18 Å². The number of fused-ring (bicyclic) bond motifs is 1. The van der Waals surface area contributed by atoms with Crippen LogP contribution in [0.5, 0.6) is 0 Å². The van der Waals surface area contributed by atoms with Crippen LogP contribution in [0.4, 0.5) is 4.39 Å². The molecule has 1 atom stereocenters. The molecule has 0 saturated heterocycles. The van der Waals surface area contributed by atoms with Gasteiger partial charge in [0.25, 0.3) is 0 Å². The molecule has 0 saturated carbocycles. The van der Waals surface area contributed by atoms with Crippen molar-refractivity contribution in [1.29, 1.82) is 0 Å². The van der Waals surface area contributed by atoms with Gasteiger partial charge in [-0.05, 0) is 40.8 Å². The molecule has 0 N–H and O–H groups in total. The van der Waals surface area contributed by atoms with Crippen LogP contribution >= 0.6 is 0 Å². The maximum atomic E-state index is 13.6. The molecule has 1 heterocycles. The molecule has 4 rings (SSSR count). The monoisotopic (exact) mass is 387 g/mol. The molecule has 0 amide bonds. The van der Waals surface area contributed by atoms with Crippen molar-refractivity contribution in [2.45, 2.75) is 32.9 Å². The fraction of sp³-hybridized carbons (Fsp3) is 0.269. The predicted molar refractivity (Wildman–Crippen MR) is 114 cm³/mol. The second-order valence-electron chi connectivity index (χ2n) is 8.05. The van der Waals surface area contributed by atoms with E-state index in [0.29, 0.717) is 6.54 Å². The van der Waals surface area contributed by atoms with Crippen LogP contribution in [-0.4, -0.2) is 17.2 Å². The van der Waals surface area contributed by atoms with Crippen LogP contribution in [0, 0.1) is 11.7 Å². The molecular formula is C26H26FNO. The summed E-state index contributed by atoms with van der Waals surface area (Å²) in [6.45, 7) is 5.46. The van der Waals surface area contributed by atoms with Gasteiger partial charge in [0.15, 0.2) is 5.78 Å². The van der Waals surface area contributed by atoms with E-state index in [4.69, 9.17) is 0 Å². The van der Waals surface area contributed by atoms with Crippen molar-refractivity contribution in [3.63, 3.8) is 0 Å². The summed E-state index contributed by atoms with van der Waals surface area (Å²) in [6.07, 6.45) is 0.966. The number of ketones is 1. The molecule has 1 unspecified atom stereocenters. The van der Waals surface area contributed by atoms with Gasteiger partial charge in [-0.25, -0.2) is 4.39 Å². The highest BCUT2D eigenvalue weighted by Gasteiger charge is 2.29. The Bertz CT molecular complexity index is 1010. The normalized spacial score (nSPS) is 16.6. The van der Waals surface area contributed by atoms with Crippen LogP contribution in [-0.2, 0) is 13.0 Å². The predicted octanol–water partition coefficient (Wildman–Crippen LogP) is 5.81. The van der Waals surface area contributed by atoms with E-state index in [1.54, 1.807) is 0 Å². The van der Waals surface area contributed by atoms with Gasteiger partial charge in [-0.2, -0.15) is 0 Å². The van der Waals surface area contributed by atoms with E-state index < -0.39 is 0 Å². The number of rotatable bonds is 5. The Labute approximate surface area is 172 Å². The minimum absolute atomic E-state index is 0.0360. The van der Waals surface area contributed by atoms with Gasteiger partial charge >= 0.3 is 0 Å². The lowest BCUT2D eigenvalue weighted by atomic mass is 9.87. The van der Waals surface area contributed by atoms with Crippen LogP contribution in [0.15, 0.2) is 72.8 Å². The summed E-state index contributed by atoms with van der Waals surface area (Å²) in [5.41, 5.74) is 5.53. The Kier molecular flexibility index (Phi) is 5.59. The zero-order valence-corrected chi connectivity index (χ0v) is 16.9. The van der Waals surface area contributed by atoms with Crippen molar-refractivity contribution in [3.8, 4) is 0 Å². The molecular weight excluding hydrogens is 361 g/mol. The lowest BCUT2D eigenvalue weighted by molar-refractivity contribution is 0.0936. The van der Waals surface area contributed by atoms with Crippen molar-refractivity contribution in [1.82, 2.24) is 4.90 Å². The van der Waals surface area contributed by atoms with Crippen LogP contribution in [0.1, 0.15) is 52.5 Å². The van der Waals surface area contributed by atoms with E-state index >= 15 is 0 Å². The zero-order valence-electron chi connectivity index (χ0n) is 16.9.